The van der Waals surface area contributed by atoms with E-state index in [1.807, 2.05) is 0 Å². The fourth-order valence-corrected chi connectivity index (χ4v) is 5.77. The highest BCUT2D eigenvalue weighted by molar-refractivity contribution is 6.30. The number of rotatable bonds is 16. The van der Waals surface area contributed by atoms with E-state index in [1.54, 1.807) is 17.3 Å². The van der Waals surface area contributed by atoms with E-state index >= 15 is 0 Å². The quantitative estimate of drug-likeness (QED) is 0.168. The van der Waals surface area contributed by atoms with Crippen LogP contribution in [-0.2, 0) is 11.2 Å². The van der Waals surface area contributed by atoms with Gasteiger partial charge < -0.3 is 40.1 Å². The van der Waals surface area contributed by atoms with Crippen LogP contribution in [0.4, 0.5) is 10.3 Å². The third-order valence-corrected chi connectivity index (χ3v) is 8.68. The van der Waals surface area contributed by atoms with Crippen molar-refractivity contribution in [1.29, 1.82) is 0 Å². The van der Waals surface area contributed by atoms with Crippen molar-refractivity contribution in [3.05, 3.63) is 41.2 Å². The fourth-order valence-electron chi connectivity index (χ4n) is 5.67. The minimum absolute atomic E-state index is 0.0722. The lowest BCUT2D eigenvalue weighted by Gasteiger charge is -2.39. The highest BCUT2D eigenvalue weighted by Gasteiger charge is 2.33. The Morgan fingerprint density at radius 3 is 2.30 bits per heavy atom. The second-order valence-electron chi connectivity index (χ2n) is 11.8. The number of hydrogen-bond acceptors (Lipinski definition) is 11. The van der Waals surface area contributed by atoms with E-state index in [4.69, 9.17) is 21.4 Å². The molecule has 0 bridgehead atoms. The van der Waals surface area contributed by atoms with Crippen molar-refractivity contribution < 1.29 is 39.5 Å². The van der Waals surface area contributed by atoms with E-state index in [0.29, 0.717) is 55.2 Å². The third kappa shape index (κ3) is 9.66. The standard InChI is InChI=1S/C30H43ClFN5O7/c31-21-13-34-30(35-14-21)36-8-6-19(7-9-36)4-2-10-44-22-11-23(32)24(33-15-22)12-27(41)37-16-20(17-37)3-1-5-25(39)28(42)29(43)26(40)18-38/h11,13-15,19-20,25-26,28-29,38-40,42-43H,1-10,12,16-18H2/t25-,26+,28+,29+/m0/s1. The zero-order chi connectivity index (χ0) is 31.6. The van der Waals surface area contributed by atoms with Crippen molar-refractivity contribution in [1.82, 2.24) is 19.9 Å². The Morgan fingerprint density at radius 1 is 0.977 bits per heavy atom. The Hall–Kier alpha value is -2.68. The molecule has 0 spiro atoms. The average molecular weight is 640 g/mol. The third-order valence-electron chi connectivity index (χ3n) is 8.49. The summed E-state index contributed by atoms with van der Waals surface area (Å²) in [6.07, 6.45) is 3.91. The van der Waals surface area contributed by atoms with Gasteiger partial charge in [0.1, 0.15) is 29.9 Å². The van der Waals surface area contributed by atoms with Gasteiger partial charge in [-0.3, -0.25) is 9.78 Å². The van der Waals surface area contributed by atoms with Gasteiger partial charge in [0, 0.05) is 32.2 Å². The molecule has 2 fully saturated rings. The summed E-state index contributed by atoms with van der Waals surface area (Å²) in [6.45, 7) is 2.54. The highest BCUT2D eigenvalue weighted by Crippen LogP contribution is 2.26. The van der Waals surface area contributed by atoms with Gasteiger partial charge in [0.05, 0.1) is 55.0 Å². The number of piperidine rings is 1. The minimum Gasteiger partial charge on any atom is -0.492 e. The molecule has 1 amide bonds. The van der Waals surface area contributed by atoms with Gasteiger partial charge in [-0.15, -0.1) is 0 Å². The Kier molecular flexibility index (Phi) is 12.9. The molecule has 14 heteroatoms. The molecule has 0 saturated carbocycles. The number of anilines is 1. The summed E-state index contributed by atoms with van der Waals surface area (Å²) < 4.78 is 20.4. The summed E-state index contributed by atoms with van der Waals surface area (Å²) in [5.41, 5.74) is 0.0722. The summed E-state index contributed by atoms with van der Waals surface area (Å²) in [5, 5.41) is 48.4. The lowest BCUT2D eigenvalue weighted by molar-refractivity contribution is -0.137. The molecule has 0 radical (unpaired) electrons. The molecule has 0 unspecified atom stereocenters. The van der Waals surface area contributed by atoms with Crippen LogP contribution >= 0.6 is 11.6 Å². The Labute approximate surface area is 261 Å². The van der Waals surface area contributed by atoms with Crippen molar-refractivity contribution in [3.8, 4) is 5.75 Å². The Morgan fingerprint density at radius 2 is 1.64 bits per heavy atom. The smallest absolute Gasteiger partial charge is 0.228 e. The van der Waals surface area contributed by atoms with E-state index in [1.165, 1.54) is 12.3 Å². The molecule has 2 aliphatic heterocycles. The molecule has 44 heavy (non-hydrogen) atoms. The first-order valence-electron chi connectivity index (χ1n) is 15.2. The van der Waals surface area contributed by atoms with Gasteiger partial charge in [-0.1, -0.05) is 18.0 Å². The number of aromatic nitrogens is 3. The van der Waals surface area contributed by atoms with Gasteiger partial charge in [-0.2, -0.15) is 0 Å². The first-order valence-corrected chi connectivity index (χ1v) is 15.6. The van der Waals surface area contributed by atoms with Crippen molar-refractivity contribution in [2.75, 3.05) is 44.3 Å². The molecule has 4 heterocycles. The van der Waals surface area contributed by atoms with Gasteiger partial charge in [-0.25, -0.2) is 14.4 Å². The minimum atomic E-state index is -1.64. The number of carbonyl (C=O) groups is 1. The highest BCUT2D eigenvalue weighted by atomic mass is 35.5. The molecule has 5 N–H and O–H groups in total. The summed E-state index contributed by atoms with van der Waals surface area (Å²) in [5.74, 6) is 1.04. The van der Waals surface area contributed by atoms with Crippen molar-refractivity contribution >= 4 is 23.5 Å². The van der Waals surface area contributed by atoms with Crippen molar-refractivity contribution in [2.45, 2.75) is 75.8 Å². The van der Waals surface area contributed by atoms with E-state index in [-0.39, 0.29) is 30.4 Å². The molecule has 0 aliphatic carbocycles. The molecule has 2 aromatic heterocycles. The zero-order valence-electron chi connectivity index (χ0n) is 24.7. The average Bonchev–Trinajstić information content (AvgIpc) is 3.01. The van der Waals surface area contributed by atoms with Crippen LogP contribution in [0.5, 0.6) is 5.75 Å². The number of aliphatic hydroxyl groups is 5. The van der Waals surface area contributed by atoms with E-state index in [9.17, 15) is 29.6 Å². The van der Waals surface area contributed by atoms with Crippen LogP contribution in [0.1, 0.15) is 50.6 Å². The molecule has 4 atom stereocenters. The first kappa shape index (κ1) is 34.2. The molecule has 244 valence electrons. The second kappa shape index (κ2) is 16.6. The lowest BCUT2D eigenvalue weighted by Crippen LogP contribution is -2.50. The summed E-state index contributed by atoms with van der Waals surface area (Å²) in [6, 6.07) is 1.27. The molecule has 2 aromatic rings. The number of aliphatic hydroxyl groups excluding tert-OH is 5. The number of ether oxygens (including phenoxy) is 1. The maximum Gasteiger partial charge on any atom is 0.228 e. The molecule has 4 rings (SSSR count). The van der Waals surface area contributed by atoms with E-state index in [2.05, 4.69) is 19.9 Å². The van der Waals surface area contributed by atoms with Crippen LogP contribution in [-0.4, -0.2) is 115 Å². The first-order chi connectivity index (χ1) is 21.1. The normalized spacial score (nSPS) is 18.9. The predicted molar refractivity (Wildman–Crippen MR) is 160 cm³/mol. The molecule has 0 aromatic carbocycles. The number of pyridine rings is 1. The Bertz CT molecular complexity index is 1180. The van der Waals surface area contributed by atoms with E-state index in [0.717, 1.165) is 38.8 Å². The van der Waals surface area contributed by atoms with Crippen LogP contribution in [0.3, 0.4) is 0 Å². The van der Waals surface area contributed by atoms with Crippen molar-refractivity contribution in [3.63, 3.8) is 0 Å². The molecular formula is C30H43ClFN5O7. The Balaban J connectivity index is 1.08. The maximum atomic E-state index is 14.7. The van der Waals surface area contributed by atoms with Gasteiger partial charge >= 0.3 is 0 Å². The predicted octanol–water partition coefficient (Wildman–Crippen LogP) is 1.35. The SMILES string of the molecule is O=C(Cc1ncc(OCCCC2CCN(c3ncc(Cl)cn3)CC2)cc1F)N1CC(CCC[C@H](O)[C@@H](O)[C@H](O)[C@H](O)CO)C1. The zero-order valence-corrected chi connectivity index (χ0v) is 25.5. The number of halogens is 2. The number of nitrogens with zero attached hydrogens (tertiary/aromatic N) is 5. The van der Waals surface area contributed by atoms with Crippen LogP contribution in [0, 0.1) is 17.7 Å². The monoisotopic (exact) mass is 639 g/mol. The van der Waals surface area contributed by atoms with Crippen LogP contribution in [0.15, 0.2) is 24.7 Å². The summed E-state index contributed by atoms with van der Waals surface area (Å²) in [7, 11) is 0. The topological polar surface area (TPSA) is 173 Å². The maximum absolute atomic E-state index is 14.7. The van der Waals surface area contributed by atoms with E-state index < -0.39 is 36.8 Å². The van der Waals surface area contributed by atoms with Crippen LogP contribution < -0.4 is 9.64 Å². The number of carbonyl (C=O) groups excluding carboxylic acids is 1. The number of hydrogen-bond donors (Lipinski definition) is 5. The lowest BCUT2D eigenvalue weighted by atomic mass is 9.91. The number of amides is 1. The van der Waals surface area contributed by atoms with Crippen LogP contribution in [0.25, 0.3) is 0 Å². The fraction of sp³-hybridized carbons (Fsp3) is 0.667. The molecule has 12 nitrogen and oxygen atoms in total. The number of likely N-dealkylation sites (tertiary alicyclic amines) is 1. The largest absolute Gasteiger partial charge is 0.492 e. The van der Waals surface area contributed by atoms with Gasteiger partial charge in [0.15, 0.2) is 0 Å². The van der Waals surface area contributed by atoms with Crippen molar-refractivity contribution in [2.24, 2.45) is 11.8 Å². The second-order valence-corrected chi connectivity index (χ2v) is 12.2. The molecule has 2 saturated heterocycles. The molecular weight excluding hydrogens is 597 g/mol. The van der Waals surface area contributed by atoms with Crippen LogP contribution in [0.2, 0.25) is 5.02 Å². The van der Waals surface area contributed by atoms with Gasteiger partial charge in [-0.05, 0) is 50.4 Å². The van der Waals surface area contributed by atoms with Gasteiger partial charge in [0.2, 0.25) is 11.9 Å². The summed E-state index contributed by atoms with van der Waals surface area (Å²) in [4.78, 5) is 29.1. The summed E-state index contributed by atoms with van der Waals surface area (Å²) >= 11 is 5.87. The molecule has 2 aliphatic rings. The van der Waals surface area contributed by atoms with Gasteiger partial charge in [0.25, 0.3) is 0 Å².